The zero-order valence-corrected chi connectivity index (χ0v) is 6.33. The summed E-state index contributed by atoms with van der Waals surface area (Å²) in [5.74, 6) is 0.247. The van der Waals surface area contributed by atoms with E-state index in [1.165, 1.54) is 0 Å². The Labute approximate surface area is 56.5 Å². The van der Waals surface area contributed by atoms with Gasteiger partial charge in [-0.25, -0.2) is 0 Å². The Bertz CT molecular complexity index is 71.3. The van der Waals surface area contributed by atoms with E-state index in [4.69, 9.17) is 5.11 Å². The summed E-state index contributed by atoms with van der Waals surface area (Å²) < 4.78 is 0. The van der Waals surface area contributed by atoms with E-state index in [0.29, 0.717) is 0 Å². The van der Waals surface area contributed by atoms with Crippen LogP contribution >= 0.6 is 0 Å². The second-order valence-electron chi connectivity index (χ2n) is 2.89. The van der Waals surface area contributed by atoms with Crippen molar-refractivity contribution in [2.24, 2.45) is 11.8 Å². The summed E-state index contributed by atoms with van der Waals surface area (Å²) in [6.45, 7) is 5.79. The molecule has 0 radical (unpaired) electrons. The van der Waals surface area contributed by atoms with Crippen LogP contribution in [0.4, 0.5) is 0 Å². The lowest BCUT2D eigenvalue weighted by Crippen LogP contribution is -2.25. The molecule has 0 fully saturated rings. The van der Waals surface area contributed by atoms with Gasteiger partial charge in [-0.2, -0.15) is 0 Å². The van der Waals surface area contributed by atoms with Crippen molar-refractivity contribution < 1.29 is 10.2 Å². The number of aliphatic hydroxyl groups excluding tert-OH is 2. The zero-order chi connectivity index (χ0) is 7.44. The predicted octanol–water partition coefficient (Wildman–Crippen LogP) is 0.632. The zero-order valence-electron chi connectivity index (χ0n) is 6.33. The van der Waals surface area contributed by atoms with E-state index < -0.39 is 0 Å². The van der Waals surface area contributed by atoms with Crippen LogP contribution in [-0.4, -0.2) is 22.9 Å². The number of hydrogen-bond donors (Lipinski definition) is 2. The molecule has 0 heterocycles. The summed E-state index contributed by atoms with van der Waals surface area (Å²) in [4.78, 5) is 0. The van der Waals surface area contributed by atoms with Crippen LogP contribution in [0.5, 0.6) is 0 Å². The van der Waals surface area contributed by atoms with Crippen LogP contribution in [0, 0.1) is 11.8 Å². The first kappa shape index (κ1) is 8.92. The monoisotopic (exact) mass is 132 g/mol. The molecule has 0 amide bonds. The van der Waals surface area contributed by atoms with Crippen molar-refractivity contribution in [1.29, 1.82) is 0 Å². The van der Waals surface area contributed by atoms with Crippen molar-refractivity contribution >= 4 is 0 Å². The maximum absolute atomic E-state index is 9.23. The Morgan fingerprint density at radius 1 is 1.22 bits per heavy atom. The van der Waals surface area contributed by atoms with Crippen molar-refractivity contribution in [1.82, 2.24) is 0 Å². The maximum Gasteiger partial charge on any atom is 0.0610 e. The fourth-order valence-electron chi connectivity index (χ4n) is 0.765. The molecule has 0 aliphatic rings. The number of rotatable bonds is 3. The smallest absolute Gasteiger partial charge is 0.0610 e. The molecule has 9 heavy (non-hydrogen) atoms. The predicted molar refractivity (Wildman–Crippen MR) is 37.1 cm³/mol. The van der Waals surface area contributed by atoms with Crippen LogP contribution in [0.3, 0.4) is 0 Å². The Balaban J connectivity index is 3.58. The van der Waals surface area contributed by atoms with Crippen LogP contribution in [0.15, 0.2) is 0 Å². The first-order valence-corrected chi connectivity index (χ1v) is 3.38. The van der Waals surface area contributed by atoms with Gasteiger partial charge in [-0.05, 0) is 5.92 Å². The molecule has 0 aliphatic carbocycles. The molecule has 0 aromatic carbocycles. The molecule has 56 valence electrons. The van der Waals surface area contributed by atoms with Gasteiger partial charge >= 0.3 is 0 Å². The Hall–Kier alpha value is -0.0800. The quantitative estimate of drug-likeness (QED) is 0.591. The summed E-state index contributed by atoms with van der Waals surface area (Å²) in [5.41, 5.74) is 0. The lowest BCUT2D eigenvalue weighted by Gasteiger charge is -2.19. The molecule has 2 atom stereocenters. The van der Waals surface area contributed by atoms with Gasteiger partial charge in [0.2, 0.25) is 0 Å². The molecule has 0 bridgehead atoms. The van der Waals surface area contributed by atoms with Gasteiger partial charge in [-0.3, -0.25) is 0 Å². The summed E-state index contributed by atoms with van der Waals surface area (Å²) in [6, 6.07) is 0. The lowest BCUT2D eigenvalue weighted by atomic mass is 9.96. The number of hydrogen-bond acceptors (Lipinski definition) is 2. The Morgan fingerprint density at radius 3 is 1.78 bits per heavy atom. The minimum absolute atomic E-state index is 0.00463. The van der Waals surface area contributed by atoms with Crippen LogP contribution in [-0.2, 0) is 0 Å². The van der Waals surface area contributed by atoms with Gasteiger partial charge in [0.1, 0.15) is 0 Å². The van der Waals surface area contributed by atoms with Gasteiger partial charge in [-0.1, -0.05) is 20.8 Å². The van der Waals surface area contributed by atoms with Gasteiger partial charge < -0.3 is 10.2 Å². The fraction of sp³-hybridized carbons (Fsp3) is 1.00. The SMILES string of the molecule is CC(C)[C@H](O)[C@H](C)CO. The molecule has 0 rings (SSSR count). The largest absolute Gasteiger partial charge is 0.396 e. The number of aliphatic hydroxyl groups is 2. The van der Waals surface area contributed by atoms with Gasteiger partial charge in [0, 0.05) is 12.5 Å². The van der Waals surface area contributed by atoms with Crippen LogP contribution in [0.2, 0.25) is 0 Å². The Kier molecular flexibility index (Phi) is 3.82. The van der Waals surface area contributed by atoms with Crippen molar-refractivity contribution in [3.05, 3.63) is 0 Å². The van der Waals surface area contributed by atoms with E-state index in [1.54, 1.807) is 0 Å². The van der Waals surface area contributed by atoms with Crippen LogP contribution in [0.1, 0.15) is 20.8 Å². The van der Waals surface area contributed by atoms with E-state index >= 15 is 0 Å². The summed E-state index contributed by atoms with van der Waals surface area (Å²) in [6.07, 6.45) is -0.366. The maximum atomic E-state index is 9.23. The highest BCUT2D eigenvalue weighted by Gasteiger charge is 2.15. The van der Waals surface area contributed by atoms with Crippen LogP contribution < -0.4 is 0 Å². The molecule has 0 unspecified atom stereocenters. The molecule has 0 spiro atoms. The first-order chi connectivity index (χ1) is 4.09. The van der Waals surface area contributed by atoms with Crippen molar-refractivity contribution in [3.8, 4) is 0 Å². The van der Waals surface area contributed by atoms with Gasteiger partial charge in [0.05, 0.1) is 6.10 Å². The fourth-order valence-corrected chi connectivity index (χ4v) is 0.765. The molecule has 0 saturated heterocycles. The molecule has 0 saturated carbocycles. The van der Waals surface area contributed by atoms with Gasteiger partial charge in [-0.15, -0.1) is 0 Å². The third kappa shape index (κ3) is 2.82. The van der Waals surface area contributed by atoms with Crippen molar-refractivity contribution in [2.45, 2.75) is 26.9 Å². The molecule has 2 nitrogen and oxygen atoms in total. The normalized spacial score (nSPS) is 18.0. The molecule has 0 aliphatic heterocycles. The summed E-state index contributed by atoms with van der Waals surface area (Å²) >= 11 is 0. The van der Waals surface area contributed by atoms with Gasteiger partial charge in [0.15, 0.2) is 0 Å². The molecule has 0 aromatic rings. The Morgan fingerprint density at radius 2 is 1.67 bits per heavy atom. The average molecular weight is 132 g/mol. The van der Waals surface area contributed by atoms with E-state index in [9.17, 15) is 5.11 Å². The molecule has 2 heteroatoms. The highest BCUT2D eigenvalue weighted by Crippen LogP contribution is 2.10. The molecule has 2 N–H and O–H groups in total. The van der Waals surface area contributed by atoms with Crippen molar-refractivity contribution in [3.63, 3.8) is 0 Å². The van der Waals surface area contributed by atoms with Crippen LogP contribution in [0.25, 0.3) is 0 Å². The lowest BCUT2D eigenvalue weighted by molar-refractivity contribution is 0.0427. The minimum Gasteiger partial charge on any atom is -0.396 e. The first-order valence-electron chi connectivity index (χ1n) is 3.38. The highest BCUT2D eigenvalue weighted by atomic mass is 16.3. The second kappa shape index (κ2) is 3.85. The molecular formula is C7H16O2. The highest BCUT2D eigenvalue weighted by molar-refractivity contribution is 4.65. The standard InChI is InChI=1S/C7H16O2/c1-5(2)7(9)6(3)4-8/h5-9H,4H2,1-3H3/t6-,7+/m1/s1. The van der Waals surface area contributed by atoms with E-state index in [-0.39, 0.29) is 24.5 Å². The molecule has 0 aromatic heterocycles. The summed E-state index contributed by atoms with van der Waals surface area (Å²) in [5, 5.41) is 17.8. The minimum atomic E-state index is -0.366. The van der Waals surface area contributed by atoms with Gasteiger partial charge in [0.25, 0.3) is 0 Å². The third-order valence-electron chi connectivity index (χ3n) is 1.55. The second-order valence-corrected chi connectivity index (χ2v) is 2.89. The molecular weight excluding hydrogens is 116 g/mol. The third-order valence-corrected chi connectivity index (χ3v) is 1.55. The van der Waals surface area contributed by atoms with E-state index in [0.717, 1.165) is 0 Å². The van der Waals surface area contributed by atoms with E-state index in [1.807, 2.05) is 20.8 Å². The topological polar surface area (TPSA) is 40.5 Å². The summed E-state index contributed by atoms with van der Waals surface area (Å²) in [7, 11) is 0. The van der Waals surface area contributed by atoms with Crippen molar-refractivity contribution in [2.75, 3.05) is 6.61 Å². The average Bonchev–Trinajstić information content (AvgIpc) is 1.84. The van der Waals surface area contributed by atoms with E-state index in [2.05, 4.69) is 0 Å².